The Labute approximate surface area is 129 Å². The SMILES string of the molecule is Cc1ccc(NC(=O)Nc2ccnc(Cl)c2)cc1C(F)(F)F. The van der Waals surface area contributed by atoms with Gasteiger partial charge in [-0.25, -0.2) is 9.78 Å². The van der Waals surface area contributed by atoms with Crippen LogP contribution in [0.25, 0.3) is 0 Å². The van der Waals surface area contributed by atoms with Gasteiger partial charge >= 0.3 is 12.2 Å². The Bertz CT molecular complexity index is 704. The molecule has 2 amide bonds. The van der Waals surface area contributed by atoms with Crippen molar-refractivity contribution in [2.75, 3.05) is 10.6 Å². The fourth-order valence-corrected chi connectivity index (χ4v) is 1.95. The zero-order valence-electron chi connectivity index (χ0n) is 11.3. The third-order valence-corrected chi connectivity index (χ3v) is 2.99. The lowest BCUT2D eigenvalue weighted by molar-refractivity contribution is -0.138. The summed E-state index contributed by atoms with van der Waals surface area (Å²) in [5.41, 5.74) is -0.298. The first-order chi connectivity index (χ1) is 10.3. The Morgan fingerprint density at radius 3 is 2.36 bits per heavy atom. The van der Waals surface area contributed by atoms with Crippen molar-refractivity contribution in [2.24, 2.45) is 0 Å². The van der Waals surface area contributed by atoms with Crippen molar-refractivity contribution in [3.63, 3.8) is 0 Å². The number of alkyl halides is 3. The molecular formula is C14H11ClF3N3O. The number of hydrogen-bond donors (Lipinski definition) is 2. The lowest BCUT2D eigenvalue weighted by atomic mass is 10.1. The molecular weight excluding hydrogens is 319 g/mol. The molecule has 22 heavy (non-hydrogen) atoms. The van der Waals surface area contributed by atoms with Crippen LogP contribution in [0.4, 0.5) is 29.3 Å². The van der Waals surface area contributed by atoms with Crippen LogP contribution in [-0.2, 0) is 6.18 Å². The number of aryl methyl sites for hydroxylation is 1. The van der Waals surface area contributed by atoms with Crippen molar-refractivity contribution in [1.29, 1.82) is 0 Å². The molecule has 0 atom stereocenters. The average molecular weight is 330 g/mol. The van der Waals surface area contributed by atoms with E-state index < -0.39 is 17.8 Å². The van der Waals surface area contributed by atoms with Gasteiger partial charge in [-0.2, -0.15) is 13.2 Å². The smallest absolute Gasteiger partial charge is 0.308 e. The van der Waals surface area contributed by atoms with Gasteiger partial charge in [0, 0.05) is 17.6 Å². The number of nitrogens with zero attached hydrogens (tertiary/aromatic N) is 1. The summed E-state index contributed by atoms with van der Waals surface area (Å²) in [4.78, 5) is 15.5. The highest BCUT2D eigenvalue weighted by atomic mass is 35.5. The summed E-state index contributed by atoms with van der Waals surface area (Å²) in [6.07, 6.45) is -3.08. The predicted octanol–water partition coefficient (Wildman–Crippen LogP) is 4.71. The van der Waals surface area contributed by atoms with E-state index in [4.69, 9.17) is 11.6 Å². The van der Waals surface area contributed by atoms with E-state index in [2.05, 4.69) is 15.6 Å². The van der Waals surface area contributed by atoms with Gasteiger partial charge in [-0.3, -0.25) is 0 Å². The average Bonchev–Trinajstić information content (AvgIpc) is 2.39. The summed E-state index contributed by atoms with van der Waals surface area (Å²) in [5, 5.41) is 4.97. The molecule has 0 unspecified atom stereocenters. The van der Waals surface area contributed by atoms with Crippen LogP contribution < -0.4 is 10.6 Å². The van der Waals surface area contributed by atoms with Crippen molar-refractivity contribution in [3.8, 4) is 0 Å². The van der Waals surface area contributed by atoms with E-state index >= 15 is 0 Å². The molecule has 0 fully saturated rings. The van der Waals surface area contributed by atoms with Gasteiger partial charge in [0.25, 0.3) is 0 Å². The molecule has 2 aromatic rings. The van der Waals surface area contributed by atoms with Gasteiger partial charge in [0.1, 0.15) is 5.15 Å². The molecule has 0 saturated carbocycles. The Morgan fingerprint density at radius 1 is 1.14 bits per heavy atom. The molecule has 0 bridgehead atoms. The summed E-state index contributed by atoms with van der Waals surface area (Å²) in [6, 6.07) is 5.80. The molecule has 0 aliphatic heterocycles. The molecule has 1 heterocycles. The first-order valence-corrected chi connectivity index (χ1v) is 6.51. The number of aromatic nitrogens is 1. The minimum Gasteiger partial charge on any atom is -0.308 e. The van der Waals surface area contributed by atoms with Crippen molar-refractivity contribution >= 4 is 29.0 Å². The van der Waals surface area contributed by atoms with Gasteiger partial charge in [-0.05, 0) is 36.8 Å². The Morgan fingerprint density at radius 2 is 1.77 bits per heavy atom. The number of rotatable bonds is 2. The number of urea groups is 1. The summed E-state index contributed by atoms with van der Waals surface area (Å²) < 4.78 is 38.4. The standard InChI is InChI=1S/C14H11ClF3N3O/c1-8-2-3-9(6-11(8)14(16,17)18)20-13(22)21-10-4-5-19-12(15)7-10/h2-7H,1H3,(H2,19,20,21,22). The van der Waals surface area contributed by atoms with E-state index in [0.29, 0.717) is 5.69 Å². The van der Waals surface area contributed by atoms with Crippen molar-refractivity contribution in [1.82, 2.24) is 4.98 Å². The number of benzene rings is 1. The second kappa shape index (κ2) is 6.23. The molecule has 2 rings (SSSR count). The molecule has 8 heteroatoms. The number of hydrogen-bond acceptors (Lipinski definition) is 2. The van der Waals surface area contributed by atoms with Crippen LogP contribution in [0.2, 0.25) is 5.15 Å². The summed E-state index contributed by atoms with van der Waals surface area (Å²) in [7, 11) is 0. The third kappa shape index (κ3) is 4.11. The largest absolute Gasteiger partial charge is 0.416 e. The zero-order chi connectivity index (χ0) is 16.3. The first-order valence-electron chi connectivity index (χ1n) is 6.13. The lowest BCUT2D eigenvalue weighted by Crippen LogP contribution is -2.20. The summed E-state index contributed by atoms with van der Waals surface area (Å²) in [5.74, 6) is 0. The third-order valence-electron chi connectivity index (χ3n) is 2.79. The van der Waals surface area contributed by atoms with Crippen LogP contribution in [-0.4, -0.2) is 11.0 Å². The number of carbonyl (C=O) groups is 1. The maximum Gasteiger partial charge on any atom is 0.416 e. The van der Waals surface area contributed by atoms with Gasteiger partial charge in [-0.1, -0.05) is 17.7 Å². The minimum absolute atomic E-state index is 0.0376. The van der Waals surface area contributed by atoms with Gasteiger partial charge in [-0.15, -0.1) is 0 Å². The Balaban J connectivity index is 2.12. The second-order valence-corrected chi connectivity index (χ2v) is 4.86. The monoisotopic (exact) mass is 329 g/mol. The maximum atomic E-state index is 12.8. The molecule has 0 spiro atoms. The number of amides is 2. The van der Waals surface area contributed by atoms with Crippen LogP contribution in [0.5, 0.6) is 0 Å². The van der Waals surface area contributed by atoms with Crippen molar-refractivity contribution in [2.45, 2.75) is 13.1 Å². The van der Waals surface area contributed by atoms with Crippen LogP contribution in [0.15, 0.2) is 36.5 Å². The zero-order valence-corrected chi connectivity index (χ0v) is 12.1. The minimum atomic E-state index is -4.48. The molecule has 0 aliphatic carbocycles. The maximum absolute atomic E-state index is 12.8. The molecule has 4 nitrogen and oxygen atoms in total. The highest BCUT2D eigenvalue weighted by Gasteiger charge is 2.32. The molecule has 2 N–H and O–H groups in total. The quantitative estimate of drug-likeness (QED) is 0.784. The van der Waals surface area contributed by atoms with Gasteiger partial charge in [0.2, 0.25) is 0 Å². The first kappa shape index (κ1) is 16.1. The van der Waals surface area contributed by atoms with Crippen LogP contribution in [0.3, 0.4) is 0 Å². The number of pyridine rings is 1. The highest BCUT2D eigenvalue weighted by Crippen LogP contribution is 2.33. The topological polar surface area (TPSA) is 54.0 Å². The molecule has 0 saturated heterocycles. The van der Waals surface area contributed by atoms with E-state index in [0.717, 1.165) is 6.07 Å². The number of carbonyl (C=O) groups excluding carboxylic acids is 1. The van der Waals surface area contributed by atoms with Crippen LogP contribution in [0.1, 0.15) is 11.1 Å². The molecule has 116 valence electrons. The summed E-state index contributed by atoms with van der Waals surface area (Å²) >= 11 is 5.67. The van der Waals surface area contributed by atoms with E-state index in [9.17, 15) is 18.0 Å². The van der Waals surface area contributed by atoms with Crippen molar-refractivity contribution in [3.05, 3.63) is 52.8 Å². The fraction of sp³-hybridized carbons (Fsp3) is 0.143. The predicted molar refractivity (Wildman–Crippen MR) is 78.1 cm³/mol. The van der Waals surface area contributed by atoms with Gasteiger partial charge < -0.3 is 10.6 Å². The lowest BCUT2D eigenvalue weighted by Gasteiger charge is -2.13. The molecule has 0 aliphatic rings. The Kier molecular flexibility index (Phi) is 4.56. The highest BCUT2D eigenvalue weighted by molar-refractivity contribution is 6.29. The number of halogens is 4. The normalized spacial score (nSPS) is 11.1. The van der Waals surface area contributed by atoms with E-state index in [1.54, 1.807) is 0 Å². The van der Waals surface area contributed by atoms with E-state index in [-0.39, 0.29) is 16.4 Å². The number of nitrogens with one attached hydrogen (secondary N) is 2. The van der Waals surface area contributed by atoms with Crippen LogP contribution in [0, 0.1) is 6.92 Å². The molecule has 1 aromatic heterocycles. The molecule has 0 radical (unpaired) electrons. The second-order valence-electron chi connectivity index (χ2n) is 4.47. The van der Waals surface area contributed by atoms with Gasteiger partial charge in [0.05, 0.1) is 5.56 Å². The fourth-order valence-electron chi connectivity index (χ4n) is 1.78. The van der Waals surface area contributed by atoms with Gasteiger partial charge in [0.15, 0.2) is 0 Å². The Hall–Kier alpha value is -2.28. The van der Waals surface area contributed by atoms with Crippen LogP contribution >= 0.6 is 11.6 Å². The van der Waals surface area contributed by atoms with E-state index in [1.807, 2.05) is 0 Å². The molecule has 1 aromatic carbocycles. The van der Waals surface area contributed by atoms with Crippen molar-refractivity contribution < 1.29 is 18.0 Å². The number of anilines is 2. The summed E-state index contributed by atoms with van der Waals surface area (Å²) in [6.45, 7) is 1.35. The van der Waals surface area contributed by atoms with E-state index in [1.165, 1.54) is 37.4 Å².